The molecule has 0 radical (unpaired) electrons. The second-order valence-corrected chi connectivity index (χ2v) is 2.14. The molecule has 0 unspecified atom stereocenters. The first-order valence-electron chi connectivity index (χ1n) is 3.08. The van der Waals surface area contributed by atoms with Gasteiger partial charge in [-0.25, -0.2) is 0 Å². The molecule has 0 amide bonds. The molecule has 2 N–H and O–H groups in total. The van der Waals surface area contributed by atoms with Gasteiger partial charge in [-0.3, -0.25) is 0 Å². The molecule has 0 saturated heterocycles. The van der Waals surface area contributed by atoms with Gasteiger partial charge in [0.1, 0.15) is 5.75 Å². The Balaban J connectivity index is 3.02. The molecule has 0 bridgehead atoms. The topological polar surface area (TPSA) is 35.2 Å². The Hall–Kier alpha value is -1.23. The van der Waals surface area contributed by atoms with Gasteiger partial charge in [0.15, 0.2) is 0 Å². The van der Waals surface area contributed by atoms with E-state index in [1.807, 2.05) is 0 Å². The standard InChI is InChI=1S/C7H6F3NO/c8-7(9,10)5-2-1-3-6(4-5)12-11/h1-4H,11H2. The molecular formula is C7H6F3NO. The molecule has 1 rings (SSSR count). The highest BCUT2D eigenvalue weighted by Gasteiger charge is 2.30. The van der Waals surface area contributed by atoms with Crippen LogP contribution in [0.1, 0.15) is 5.56 Å². The summed E-state index contributed by atoms with van der Waals surface area (Å²) in [7, 11) is 0. The minimum Gasteiger partial charge on any atom is -0.412 e. The number of halogens is 3. The van der Waals surface area contributed by atoms with Crippen molar-refractivity contribution in [2.24, 2.45) is 5.90 Å². The van der Waals surface area contributed by atoms with Crippen molar-refractivity contribution < 1.29 is 18.0 Å². The molecule has 66 valence electrons. The maximum absolute atomic E-state index is 12.0. The van der Waals surface area contributed by atoms with Crippen molar-refractivity contribution in [1.82, 2.24) is 0 Å². The minimum atomic E-state index is -4.35. The van der Waals surface area contributed by atoms with E-state index in [2.05, 4.69) is 4.84 Å². The first-order chi connectivity index (χ1) is 5.54. The Kier molecular flexibility index (Phi) is 2.23. The van der Waals surface area contributed by atoms with Crippen LogP contribution in [0.2, 0.25) is 0 Å². The van der Waals surface area contributed by atoms with Gasteiger partial charge in [0.25, 0.3) is 0 Å². The summed E-state index contributed by atoms with van der Waals surface area (Å²) in [5.74, 6) is 4.69. The number of hydrogen-bond acceptors (Lipinski definition) is 2. The van der Waals surface area contributed by atoms with Gasteiger partial charge in [-0.1, -0.05) is 6.07 Å². The zero-order valence-electron chi connectivity index (χ0n) is 5.93. The Bertz CT molecular complexity index is 272. The van der Waals surface area contributed by atoms with E-state index in [0.29, 0.717) is 0 Å². The molecule has 1 aromatic carbocycles. The monoisotopic (exact) mass is 177 g/mol. The van der Waals surface area contributed by atoms with E-state index >= 15 is 0 Å². The third-order valence-corrected chi connectivity index (χ3v) is 1.30. The third kappa shape index (κ3) is 1.88. The van der Waals surface area contributed by atoms with Gasteiger partial charge in [0, 0.05) is 0 Å². The summed E-state index contributed by atoms with van der Waals surface area (Å²) < 4.78 is 36.0. The van der Waals surface area contributed by atoms with Gasteiger partial charge in [-0.05, 0) is 18.2 Å². The highest BCUT2D eigenvalue weighted by molar-refractivity contribution is 5.29. The summed E-state index contributed by atoms with van der Waals surface area (Å²) in [6.07, 6.45) is -4.35. The summed E-state index contributed by atoms with van der Waals surface area (Å²) in [5, 5.41) is 0. The van der Waals surface area contributed by atoms with Crippen LogP contribution in [0.3, 0.4) is 0 Å². The van der Waals surface area contributed by atoms with Gasteiger partial charge < -0.3 is 4.84 Å². The summed E-state index contributed by atoms with van der Waals surface area (Å²) in [5.41, 5.74) is -0.773. The number of rotatable bonds is 1. The van der Waals surface area contributed by atoms with E-state index < -0.39 is 11.7 Å². The van der Waals surface area contributed by atoms with Crippen LogP contribution in [0, 0.1) is 0 Å². The highest BCUT2D eigenvalue weighted by Crippen LogP contribution is 2.30. The van der Waals surface area contributed by atoms with Crippen LogP contribution in [0.4, 0.5) is 13.2 Å². The fourth-order valence-electron chi connectivity index (χ4n) is 0.746. The van der Waals surface area contributed by atoms with E-state index in [0.717, 1.165) is 12.1 Å². The molecule has 0 saturated carbocycles. The van der Waals surface area contributed by atoms with Crippen LogP contribution >= 0.6 is 0 Å². The average Bonchev–Trinajstić information content (AvgIpc) is 2.03. The zero-order valence-corrected chi connectivity index (χ0v) is 5.93. The number of alkyl halides is 3. The zero-order chi connectivity index (χ0) is 9.19. The van der Waals surface area contributed by atoms with Gasteiger partial charge in [0.05, 0.1) is 5.56 Å². The van der Waals surface area contributed by atoms with Crippen LogP contribution in [-0.2, 0) is 6.18 Å². The van der Waals surface area contributed by atoms with Crippen molar-refractivity contribution in [1.29, 1.82) is 0 Å². The average molecular weight is 177 g/mol. The highest BCUT2D eigenvalue weighted by atomic mass is 19.4. The Morgan fingerprint density at radius 2 is 1.92 bits per heavy atom. The molecule has 0 aliphatic rings. The molecule has 0 aliphatic carbocycles. The van der Waals surface area contributed by atoms with Crippen molar-refractivity contribution >= 4 is 0 Å². The molecule has 0 aromatic heterocycles. The van der Waals surface area contributed by atoms with Gasteiger partial charge in [-0.2, -0.15) is 19.1 Å². The van der Waals surface area contributed by atoms with Crippen molar-refractivity contribution in [3.8, 4) is 5.75 Å². The van der Waals surface area contributed by atoms with Gasteiger partial charge >= 0.3 is 6.18 Å². The fraction of sp³-hybridized carbons (Fsp3) is 0.143. The maximum Gasteiger partial charge on any atom is 0.416 e. The second-order valence-electron chi connectivity index (χ2n) is 2.14. The lowest BCUT2D eigenvalue weighted by molar-refractivity contribution is -0.137. The molecule has 0 atom stereocenters. The van der Waals surface area contributed by atoms with Crippen molar-refractivity contribution in [3.05, 3.63) is 29.8 Å². The van der Waals surface area contributed by atoms with E-state index in [1.165, 1.54) is 12.1 Å². The summed E-state index contributed by atoms with van der Waals surface area (Å²) in [6, 6.07) is 4.35. The Morgan fingerprint density at radius 1 is 1.25 bits per heavy atom. The minimum absolute atomic E-state index is 0.00942. The van der Waals surface area contributed by atoms with Gasteiger partial charge in [0.2, 0.25) is 0 Å². The second kappa shape index (κ2) is 3.02. The largest absolute Gasteiger partial charge is 0.416 e. The molecular weight excluding hydrogens is 171 g/mol. The molecule has 0 spiro atoms. The van der Waals surface area contributed by atoms with Crippen LogP contribution < -0.4 is 10.7 Å². The van der Waals surface area contributed by atoms with E-state index in [-0.39, 0.29) is 5.75 Å². The van der Waals surface area contributed by atoms with Gasteiger partial charge in [-0.15, -0.1) is 0 Å². The first-order valence-corrected chi connectivity index (χ1v) is 3.08. The first kappa shape index (κ1) is 8.86. The fourth-order valence-corrected chi connectivity index (χ4v) is 0.746. The molecule has 12 heavy (non-hydrogen) atoms. The van der Waals surface area contributed by atoms with Crippen LogP contribution in [0.5, 0.6) is 5.75 Å². The maximum atomic E-state index is 12.0. The van der Waals surface area contributed by atoms with Crippen molar-refractivity contribution in [3.63, 3.8) is 0 Å². The quantitative estimate of drug-likeness (QED) is 0.665. The van der Waals surface area contributed by atoms with Crippen molar-refractivity contribution in [2.45, 2.75) is 6.18 Å². The van der Waals surface area contributed by atoms with Crippen LogP contribution in [0.15, 0.2) is 24.3 Å². The molecule has 0 heterocycles. The number of hydrogen-bond donors (Lipinski definition) is 1. The predicted octanol–water partition coefficient (Wildman–Crippen LogP) is 1.96. The Morgan fingerprint density at radius 3 is 2.42 bits per heavy atom. The molecule has 0 fully saturated rings. The van der Waals surface area contributed by atoms with Crippen molar-refractivity contribution in [2.75, 3.05) is 0 Å². The molecule has 5 heteroatoms. The predicted molar refractivity (Wildman–Crippen MR) is 36.3 cm³/mol. The third-order valence-electron chi connectivity index (χ3n) is 1.30. The lowest BCUT2D eigenvalue weighted by atomic mass is 10.2. The molecule has 2 nitrogen and oxygen atoms in total. The lowest BCUT2D eigenvalue weighted by Crippen LogP contribution is -2.07. The normalized spacial score (nSPS) is 11.3. The number of benzene rings is 1. The van der Waals surface area contributed by atoms with E-state index in [1.54, 1.807) is 0 Å². The van der Waals surface area contributed by atoms with Crippen LogP contribution in [0.25, 0.3) is 0 Å². The number of nitrogens with two attached hydrogens (primary N) is 1. The SMILES string of the molecule is NOc1cccc(C(F)(F)F)c1. The summed E-state index contributed by atoms with van der Waals surface area (Å²) in [4.78, 5) is 4.15. The van der Waals surface area contributed by atoms with E-state index in [4.69, 9.17) is 5.90 Å². The molecule has 1 aromatic rings. The van der Waals surface area contributed by atoms with Crippen LogP contribution in [-0.4, -0.2) is 0 Å². The van der Waals surface area contributed by atoms with E-state index in [9.17, 15) is 13.2 Å². The smallest absolute Gasteiger partial charge is 0.412 e. The Labute approximate surface area is 66.7 Å². The lowest BCUT2D eigenvalue weighted by Gasteiger charge is -2.06. The summed E-state index contributed by atoms with van der Waals surface area (Å²) in [6.45, 7) is 0. The summed E-state index contributed by atoms with van der Waals surface area (Å²) >= 11 is 0. The molecule has 0 aliphatic heterocycles.